The van der Waals surface area contributed by atoms with E-state index >= 15 is 0 Å². The second-order valence-electron chi connectivity index (χ2n) is 6.94. The summed E-state index contributed by atoms with van der Waals surface area (Å²) in [6, 6.07) is 6.79. The van der Waals surface area contributed by atoms with Gasteiger partial charge in [0.15, 0.2) is 0 Å². The maximum Gasteiger partial charge on any atom is 0.0459 e. The van der Waals surface area contributed by atoms with Gasteiger partial charge in [-0.05, 0) is 68.1 Å². The zero-order chi connectivity index (χ0) is 14.8. The molecule has 1 aromatic rings. The summed E-state index contributed by atoms with van der Waals surface area (Å²) in [6.45, 7) is 4.54. The Hall–Kier alpha value is -0.730. The molecule has 1 aromatic carbocycles. The van der Waals surface area contributed by atoms with Crippen molar-refractivity contribution in [2.45, 2.75) is 51.5 Å². The van der Waals surface area contributed by atoms with Gasteiger partial charge in [-0.15, -0.1) is 0 Å². The highest BCUT2D eigenvalue weighted by molar-refractivity contribution is 6.31. The lowest BCUT2D eigenvalue weighted by atomic mass is 10.0. The zero-order valence-electron chi connectivity index (χ0n) is 13.0. The van der Waals surface area contributed by atoms with Gasteiger partial charge >= 0.3 is 0 Å². The van der Waals surface area contributed by atoms with E-state index in [0.29, 0.717) is 0 Å². The van der Waals surface area contributed by atoms with Crippen LogP contribution in [0.1, 0.15) is 44.6 Å². The van der Waals surface area contributed by atoms with Gasteiger partial charge in [0, 0.05) is 29.8 Å². The van der Waals surface area contributed by atoms with E-state index in [9.17, 15) is 0 Å². The van der Waals surface area contributed by atoms with Crippen molar-refractivity contribution in [1.82, 2.24) is 0 Å². The normalized spacial score (nSPS) is 19.6. The molecule has 2 N–H and O–H groups in total. The second-order valence-corrected chi connectivity index (χ2v) is 7.35. The van der Waals surface area contributed by atoms with Gasteiger partial charge in [0.05, 0.1) is 0 Å². The minimum atomic E-state index is 0.211. The van der Waals surface area contributed by atoms with Crippen LogP contribution in [-0.2, 0) is 6.42 Å². The molecule has 0 bridgehead atoms. The van der Waals surface area contributed by atoms with Crippen LogP contribution in [0.2, 0.25) is 5.02 Å². The fourth-order valence-electron chi connectivity index (χ4n) is 2.83. The van der Waals surface area contributed by atoms with E-state index in [0.717, 1.165) is 29.7 Å². The summed E-state index contributed by atoms with van der Waals surface area (Å²) >= 11 is 6.50. The molecule has 0 amide bonds. The van der Waals surface area contributed by atoms with E-state index in [1.807, 2.05) is 0 Å². The van der Waals surface area contributed by atoms with Crippen LogP contribution < -0.4 is 10.6 Å². The molecule has 0 saturated heterocycles. The third-order valence-corrected chi connectivity index (χ3v) is 5.11. The van der Waals surface area contributed by atoms with E-state index in [-0.39, 0.29) is 6.04 Å². The number of hydrogen-bond acceptors (Lipinski definition) is 2. The summed E-state index contributed by atoms with van der Waals surface area (Å²) in [5.74, 6) is 1.83. The summed E-state index contributed by atoms with van der Waals surface area (Å²) in [5, 5.41) is 0.882. The predicted molar refractivity (Wildman–Crippen MR) is 91.1 cm³/mol. The summed E-state index contributed by atoms with van der Waals surface area (Å²) < 4.78 is 0. The molecule has 1 unspecified atom stereocenters. The third kappa shape index (κ3) is 4.37. The Labute approximate surface area is 133 Å². The monoisotopic (exact) mass is 306 g/mol. The number of hydrogen-bond donors (Lipinski definition) is 1. The topological polar surface area (TPSA) is 29.3 Å². The average molecular weight is 307 g/mol. The van der Waals surface area contributed by atoms with Crippen molar-refractivity contribution < 1.29 is 0 Å². The Morgan fingerprint density at radius 2 is 1.81 bits per heavy atom. The molecule has 2 nitrogen and oxygen atoms in total. The van der Waals surface area contributed by atoms with E-state index in [1.165, 1.54) is 50.0 Å². The number of anilines is 1. The Kier molecular flexibility index (Phi) is 4.75. The molecule has 0 aromatic heterocycles. The van der Waals surface area contributed by atoms with E-state index in [2.05, 4.69) is 30.0 Å². The van der Waals surface area contributed by atoms with Crippen molar-refractivity contribution in [3.63, 3.8) is 0 Å². The van der Waals surface area contributed by atoms with Crippen molar-refractivity contribution in [2.24, 2.45) is 17.6 Å². The smallest absolute Gasteiger partial charge is 0.0459 e. The first kappa shape index (κ1) is 15.2. The van der Waals surface area contributed by atoms with Gasteiger partial charge in [-0.25, -0.2) is 0 Å². The first-order valence-corrected chi connectivity index (χ1v) is 8.82. The fraction of sp³-hybridized carbons (Fsp3) is 0.667. The van der Waals surface area contributed by atoms with Crippen molar-refractivity contribution in [3.05, 3.63) is 28.8 Å². The maximum atomic E-state index is 6.50. The highest BCUT2D eigenvalue weighted by atomic mass is 35.5. The van der Waals surface area contributed by atoms with Crippen LogP contribution in [0.5, 0.6) is 0 Å². The minimum absolute atomic E-state index is 0.211. The van der Waals surface area contributed by atoms with Gasteiger partial charge < -0.3 is 10.6 Å². The van der Waals surface area contributed by atoms with Crippen LogP contribution in [0.15, 0.2) is 18.2 Å². The number of benzene rings is 1. The Bertz CT molecular complexity index is 466. The molecule has 2 saturated carbocycles. The van der Waals surface area contributed by atoms with Gasteiger partial charge in [-0.1, -0.05) is 24.6 Å². The van der Waals surface area contributed by atoms with Gasteiger partial charge in [-0.3, -0.25) is 0 Å². The summed E-state index contributed by atoms with van der Waals surface area (Å²) in [7, 11) is 0. The quantitative estimate of drug-likeness (QED) is 0.778. The number of nitrogens with zero attached hydrogens (tertiary/aromatic N) is 1. The number of nitrogens with two attached hydrogens (primary N) is 1. The molecule has 1 atom stereocenters. The van der Waals surface area contributed by atoms with Crippen LogP contribution in [0.25, 0.3) is 0 Å². The molecule has 116 valence electrons. The van der Waals surface area contributed by atoms with Crippen molar-refractivity contribution in [1.29, 1.82) is 0 Å². The first-order chi connectivity index (χ1) is 10.2. The van der Waals surface area contributed by atoms with E-state index in [4.69, 9.17) is 17.3 Å². The highest BCUT2D eigenvalue weighted by Crippen LogP contribution is 2.36. The lowest BCUT2D eigenvalue weighted by Gasteiger charge is -2.25. The molecule has 0 heterocycles. The Morgan fingerprint density at radius 3 is 2.29 bits per heavy atom. The first-order valence-electron chi connectivity index (χ1n) is 8.44. The van der Waals surface area contributed by atoms with Crippen LogP contribution in [0.3, 0.4) is 0 Å². The van der Waals surface area contributed by atoms with Gasteiger partial charge in [0.1, 0.15) is 0 Å². The van der Waals surface area contributed by atoms with E-state index < -0.39 is 0 Å². The van der Waals surface area contributed by atoms with Crippen molar-refractivity contribution in [3.8, 4) is 0 Å². The standard InChI is InChI=1S/C18H27ClN2/c1-2-16(20)9-15-7-8-17(10-18(15)19)21(11-13-3-4-13)12-14-5-6-14/h7-8,10,13-14,16H,2-6,9,11-12,20H2,1H3. The second kappa shape index (κ2) is 6.58. The van der Waals surface area contributed by atoms with Crippen molar-refractivity contribution in [2.75, 3.05) is 18.0 Å². The van der Waals surface area contributed by atoms with Crippen LogP contribution in [0.4, 0.5) is 5.69 Å². The summed E-state index contributed by atoms with van der Waals surface area (Å²) in [5.41, 5.74) is 8.54. The lowest BCUT2D eigenvalue weighted by Crippen LogP contribution is -2.28. The average Bonchev–Trinajstić information content (AvgIpc) is 3.35. The van der Waals surface area contributed by atoms with Crippen LogP contribution in [0, 0.1) is 11.8 Å². The molecule has 21 heavy (non-hydrogen) atoms. The predicted octanol–water partition coefficient (Wildman–Crippen LogP) is 4.25. The van der Waals surface area contributed by atoms with Gasteiger partial charge in [0.2, 0.25) is 0 Å². The maximum absolute atomic E-state index is 6.50. The third-order valence-electron chi connectivity index (χ3n) is 4.76. The SMILES string of the molecule is CCC(N)Cc1ccc(N(CC2CC2)CC2CC2)cc1Cl. The lowest BCUT2D eigenvalue weighted by molar-refractivity contribution is 0.646. The Morgan fingerprint density at radius 1 is 1.19 bits per heavy atom. The largest absolute Gasteiger partial charge is 0.371 e. The molecule has 2 fully saturated rings. The summed E-state index contributed by atoms with van der Waals surface area (Å²) in [6.07, 6.45) is 7.47. The molecular weight excluding hydrogens is 280 g/mol. The molecule has 0 aliphatic heterocycles. The van der Waals surface area contributed by atoms with Crippen molar-refractivity contribution >= 4 is 17.3 Å². The molecular formula is C18H27ClN2. The molecule has 3 rings (SSSR count). The van der Waals surface area contributed by atoms with E-state index in [1.54, 1.807) is 0 Å². The highest BCUT2D eigenvalue weighted by Gasteiger charge is 2.29. The van der Waals surface area contributed by atoms with Crippen LogP contribution >= 0.6 is 11.6 Å². The molecule has 0 radical (unpaired) electrons. The molecule has 3 heteroatoms. The molecule has 0 spiro atoms. The van der Waals surface area contributed by atoms with Gasteiger partial charge in [0.25, 0.3) is 0 Å². The summed E-state index contributed by atoms with van der Waals surface area (Å²) in [4.78, 5) is 2.56. The van der Waals surface area contributed by atoms with Crippen LogP contribution in [-0.4, -0.2) is 19.1 Å². The number of halogens is 1. The fourth-order valence-corrected chi connectivity index (χ4v) is 3.09. The molecule has 2 aliphatic carbocycles. The zero-order valence-corrected chi connectivity index (χ0v) is 13.8. The Balaban J connectivity index is 1.70. The van der Waals surface area contributed by atoms with Gasteiger partial charge in [-0.2, -0.15) is 0 Å². The molecule has 2 aliphatic rings. The minimum Gasteiger partial charge on any atom is -0.371 e. The number of rotatable bonds is 8.